The molecule has 6 heteroatoms. The summed E-state index contributed by atoms with van der Waals surface area (Å²) in [4.78, 5) is 0. The molecule has 0 spiro atoms. The highest BCUT2D eigenvalue weighted by molar-refractivity contribution is 6.74. The van der Waals surface area contributed by atoms with Gasteiger partial charge in [-0.05, 0) is 24.8 Å². The third-order valence-corrected chi connectivity index (χ3v) is 3.03. The molecule has 1 aliphatic carbocycles. The molecule has 1 fully saturated rings. The smallest absolute Gasteiger partial charge is 0.496 e. The van der Waals surface area contributed by atoms with E-state index < -0.39 is 18.3 Å². The molecular weight excluding hydrogens is 235 g/mol. The van der Waals surface area contributed by atoms with Gasteiger partial charge in [-0.25, -0.2) is 4.39 Å². The predicted molar refractivity (Wildman–Crippen MR) is 57.9 cm³/mol. The Kier molecular flexibility index (Phi) is 3.31. The molecule has 1 aromatic rings. The first-order valence-corrected chi connectivity index (χ1v) is 5.59. The van der Waals surface area contributed by atoms with Gasteiger partial charge in [0.15, 0.2) is 0 Å². The first-order valence-electron chi connectivity index (χ1n) is 5.59. The van der Waals surface area contributed by atoms with Crippen LogP contribution in [0, 0.1) is 11.7 Å². The third kappa shape index (κ3) is 2.93. The maximum atomic E-state index is 12.9. The van der Waals surface area contributed by atoms with Crippen molar-refractivity contribution in [3.63, 3.8) is 0 Å². The second-order valence-corrected chi connectivity index (χ2v) is 4.36. The molecule has 1 aliphatic rings. The van der Waals surface area contributed by atoms with Crippen LogP contribution in [0.15, 0.2) is 18.2 Å². The van der Waals surface area contributed by atoms with E-state index in [0.717, 1.165) is 37.5 Å². The number of hydrogen-bond donors (Lipinski definition) is 0. The van der Waals surface area contributed by atoms with Gasteiger partial charge in [0.25, 0.3) is 0 Å². The van der Waals surface area contributed by atoms with Gasteiger partial charge in [0.05, 0.1) is 12.4 Å². The first-order chi connectivity index (χ1) is 7.97. The summed E-state index contributed by atoms with van der Waals surface area (Å²) in [6.45, 7) is -4.92. The summed E-state index contributed by atoms with van der Waals surface area (Å²) in [6, 6.07) is 2.36. The molecule has 0 atom stereocenters. The van der Waals surface area contributed by atoms with E-state index >= 15 is 0 Å². The predicted octanol–water partition coefficient (Wildman–Crippen LogP) is 3.06. The Labute approximate surface area is 96.8 Å². The average Bonchev–Trinajstić information content (AvgIpc) is 2.13. The molecule has 1 aromatic carbocycles. The van der Waals surface area contributed by atoms with E-state index in [0.29, 0.717) is 5.92 Å². The maximum Gasteiger partial charge on any atom is 0.513 e. The lowest BCUT2D eigenvalue weighted by Gasteiger charge is -2.27. The summed E-state index contributed by atoms with van der Waals surface area (Å²) in [5.41, 5.74) is -0.856. The Morgan fingerprint density at radius 2 is 1.94 bits per heavy atom. The number of benzene rings is 1. The minimum absolute atomic E-state index is 0.239. The highest BCUT2D eigenvalue weighted by Gasteiger charge is 2.30. The van der Waals surface area contributed by atoms with Gasteiger partial charge in [-0.15, -0.1) is 0 Å². The van der Waals surface area contributed by atoms with Gasteiger partial charge >= 0.3 is 6.98 Å². The van der Waals surface area contributed by atoms with Crippen molar-refractivity contribution in [3.8, 4) is 5.75 Å². The maximum absolute atomic E-state index is 12.9. The third-order valence-electron chi connectivity index (χ3n) is 3.03. The second-order valence-electron chi connectivity index (χ2n) is 4.36. The zero-order chi connectivity index (χ0) is 12.5. The first kappa shape index (κ1) is 12.3. The lowest BCUT2D eigenvalue weighted by Crippen LogP contribution is -2.36. The van der Waals surface area contributed by atoms with Crippen LogP contribution < -0.4 is 10.2 Å². The number of ether oxygens (including phenoxy) is 1. The summed E-state index contributed by atoms with van der Waals surface area (Å²) in [6.07, 6.45) is 3.04. The molecule has 0 aromatic heterocycles. The Bertz CT molecular complexity index is 401. The van der Waals surface area contributed by atoms with Crippen molar-refractivity contribution >= 4 is 12.4 Å². The Balaban J connectivity index is 2.14. The molecule has 0 heterocycles. The van der Waals surface area contributed by atoms with Gasteiger partial charge in [-0.1, -0.05) is 17.9 Å². The summed E-state index contributed by atoms with van der Waals surface area (Å²) >= 11 is 0. The molecular formula is C11H12BF4O-. The van der Waals surface area contributed by atoms with Crippen molar-refractivity contribution in [1.29, 1.82) is 0 Å². The summed E-state index contributed by atoms with van der Waals surface area (Å²) < 4.78 is 56.0. The zero-order valence-electron chi connectivity index (χ0n) is 9.14. The van der Waals surface area contributed by atoms with Crippen molar-refractivity contribution in [1.82, 2.24) is 0 Å². The fourth-order valence-corrected chi connectivity index (χ4v) is 1.77. The van der Waals surface area contributed by atoms with Crippen molar-refractivity contribution in [2.75, 3.05) is 6.61 Å². The molecule has 1 saturated carbocycles. The van der Waals surface area contributed by atoms with Gasteiger partial charge in [0, 0.05) is 6.07 Å². The van der Waals surface area contributed by atoms with Gasteiger partial charge in [-0.3, -0.25) is 0 Å². The van der Waals surface area contributed by atoms with E-state index in [4.69, 9.17) is 4.74 Å². The monoisotopic (exact) mass is 247 g/mol. The minimum Gasteiger partial charge on any atom is -0.496 e. The number of halogens is 4. The molecule has 94 valence electrons. The quantitative estimate of drug-likeness (QED) is 0.586. The normalized spacial score (nSPS) is 16.7. The fraction of sp³-hybridized carbons (Fsp3) is 0.455. The van der Waals surface area contributed by atoms with Crippen LogP contribution in [-0.4, -0.2) is 13.6 Å². The van der Waals surface area contributed by atoms with Crippen LogP contribution in [0.1, 0.15) is 19.3 Å². The lowest BCUT2D eigenvalue weighted by atomic mass is 9.79. The van der Waals surface area contributed by atoms with E-state index in [1.807, 2.05) is 0 Å². The Morgan fingerprint density at radius 1 is 1.24 bits per heavy atom. The van der Waals surface area contributed by atoms with E-state index in [2.05, 4.69) is 0 Å². The van der Waals surface area contributed by atoms with Gasteiger partial charge in [0.1, 0.15) is 5.82 Å². The molecule has 0 N–H and O–H groups in total. The fourth-order valence-electron chi connectivity index (χ4n) is 1.77. The van der Waals surface area contributed by atoms with Gasteiger partial charge < -0.3 is 17.7 Å². The van der Waals surface area contributed by atoms with Crippen LogP contribution in [0.25, 0.3) is 0 Å². The Morgan fingerprint density at radius 3 is 2.47 bits per heavy atom. The summed E-state index contributed by atoms with van der Waals surface area (Å²) in [5.74, 6) is -0.784. The van der Waals surface area contributed by atoms with E-state index in [1.165, 1.54) is 0 Å². The number of hydrogen-bond acceptors (Lipinski definition) is 1. The van der Waals surface area contributed by atoms with Crippen molar-refractivity contribution in [2.24, 2.45) is 5.92 Å². The summed E-state index contributed by atoms with van der Waals surface area (Å²) in [5, 5.41) is 0. The van der Waals surface area contributed by atoms with Gasteiger partial charge in [0.2, 0.25) is 0 Å². The molecule has 0 amide bonds. The SMILES string of the molecule is Fc1ccc([B-](F)(F)F)c(OCC2CCC2)c1. The van der Waals surface area contributed by atoms with E-state index in [1.54, 1.807) is 0 Å². The largest absolute Gasteiger partial charge is 0.513 e. The van der Waals surface area contributed by atoms with Crippen LogP contribution in [0.4, 0.5) is 17.3 Å². The second kappa shape index (κ2) is 4.59. The standard InChI is InChI=1S/C11H12BF4O/c13-9-4-5-10(12(14,15)16)11(6-9)17-7-8-2-1-3-8/h4-6,8H,1-3,7H2/q-1. The van der Waals surface area contributed by atoms with Crippen LogP contribution in [0.3, 0.4) is 0 Å². The van der Waals surface area contributed by atoms with Crippen molar-refractivity contribution in [2.45, 2.75) is 19.3 Å². The molecule has 1 nitrogen and oxygen atoms in total. The molecule has 2 rings (SSSR count). The average molecular weight is 247 g/mol. The minimum atomic E-state index is -5.16. The molecule has 0 bridgehead atoms. The molecule has 0 aliphatic heterocycles. The van der Waals surface area contributed by atoms with Crippen LogP contribution >= 0.6 is 0 Å². The highest BCUT2D eigenvalue weighted by Crippen LogP contribution is 2.27. The molecule has 0 saturated heterocycles. The summed E-state index contributed by atoms with van der Waals surface area (Å²) in [7, 11) is 0. The van der Waals surface area contributed by atoms with E-state index in [9.17, 15) is 17.3 Å². The van der Waals surface area contributed by atoms with Crippen LogP contribution in [0.5, 0.6) is 5.75 Å². The molecule has 0 radical (unpaired) electrons. The number of rotatable bonds is 4. The lowest BCUT2D eigenvalue weighted by molar-refractivity contribution is 0.181. The van der Waals surface area contributed by atoms with Gasteiger partial charge in [-0.2, -0.15) is 0 Å². The topological polar surface area (TPSA) is 9.23 Å². The molecule has 17 heavy (non-hydrogen) atoms. The van der Waals surface area contributed by atoms with Crippen LogP contribution in [-0.2, 0) is 0 Å². The Hall–Kier alpha value is -1.20. The van der Waals surface area contributed by atoms with Crippen LogP contribution in [0.2, 0.25) is 0 Å². The highest BCUT2D eigenvalue weighted by atomic mass is 19.4. The van der Waals surface area contributed by atoms with Crippen molar-refractivity contribution in [3.05, 3.63) is 24.0 Å². The van der Waals surface area contributed by atoms with Crippen molar-refractivity contribution < 1.29 is 22.1 Å². The van der Waals surface area contributed by atoms with E-state index in [-0.39, 0.29) is 12.4 Å². The zero-order valence-corrected chi connectivity index (χ0v) is 9.14. The molecule has 0 unspecified atom stereocenters.